The highest BCUT2D eigenvalue weighted by Crippen LogP contribution is 2.61. The van der Waals surface area contributed by atoms with E-state index in [0.717, 1.165) is 56.1 Å². The van der Waals surface area contributed by atoms with E-state index in [-0.39, 0.29) is 21.7 Å². The van der Waals surface area contributed by atoms with Crippen LogP contribution in [0, 0.1) is 0 Å². The van der Waals surface area contributed by atoms with Crippen LogP contribution in [-0.2, 0) is 21.7 Å². The Labute approximate surface area is 440 Å². The minimum atomic E-state index is -0.342. The van der Waals surface area contributed by atoms with Crippen LogP contribution in [0.4, 0.5) is 34.1 Å². The number of hydrogen-bond donors (Lipinski definition) is 0. The molecule has 0 N–H and O–H groups in total. The highest BCUT2D eigenvalue weighted by Gasteiger charge is 2.45. The van der Waals surface area contributed by atoms with Crippen molar-refractivity contribution in [2.45, 2.75) is 77.0 Å². The van der Waals surface area contributed by atoms with Crippen LogP contribution in [0.3, 0.4) is 0 Å². The third-order valence-electron chi connectivity index (χ3n) is 18.2. The number of furan rings is 1. The van der Waals surface area contributed by atoms with E-state index < -0.39 is 0 Å². The first-order valence-electron chi connectivity index (χ1n) is 26.7. The Balaban J connectivity index is 0.906. The Hall–Kier alpha value is -8.40. The van der Waals surface area contributed by atoms with Crippen molar-refractivity contribution in [3.8, 4) is 44.5 Å². The minimum absolute atomic E-state index is 0.0597. The van der Waals surface area contributed by atoms with Crippen LogP contribution in [0.25, 0.3) is 66.4 Å². The van der Waals surface area contributed by atoms with Gasteiger partial charge in [-0.25, -0.2) is 0 Å². The molecule has 362 valence electrons. The second-order valence-corrected chi connectivity index (χ2v) is 23.7. The van der Waals surface area contributed by atoms with Crippen molar-refractivity contribution in [3.05, 3.63) is 251 Å². The van der Waals surface area contributed by atoms with Gasteiger partial charge in [-0.2, -0.15) is 0 Å². The second-order valence-electron chi connectivity index (χ2n) is 23.7. The molecule has 0 bridgehead atoms. The third kappa shape index (κ3) is 5.93. The number of anilines is 6. The third-order valence-corrected chi connectivity index (χ3v) is 18.2. The molecule has 1 aromatic heterocycles. The predicted octanol–water partition coefficient (Wildman–Crippen LogP) is 19.8. The molecule has 0 radical (unpaired) electrons. The highest BCUT2D eigenvalue weighted by molar-refractivity contribution is 6.19. The van der Waals surface area contributed by atoms with Gasteiger partial charge in [-0.1, -0.05) is 183 Å². The summed E-state index contributed by atoms with van der Waals surface area (Å²) in [6.07, 6.45) is 0. The van der Waals surface area contributed by atoms with Gasteiger partial charge in [-0.05, 0) is 162 Å². The van der Waals surface area contributed by atoms with Gasteiger partial charge in [0.2, 0.25) is 0 Å². The van der Waals surface area contributed by atoms with Gasteiger partial charge in [0.1, 0.15) is 11.2 Å². The summed E-state index contributed by atoms with van der Waals surface area (Å²) in [4.78, 5) is 4.93. The molecule has 3 heteroatoms. The van der Waals surface area contributed by atoms with Gasteiger partial charge in [-0.15, -0.1) is 0 Å². The zero-order valence-electron chi connectivity index (χ0n) is 43.9. The fourth-order valence-corrected chi connectivity index (χ4v) is 14.3. The van der Waals surface area contributed by atoms with Crippen molar-refractivity contribution in [2.24, 2.45) is 0 Å². The van der Waals surface area contributed by atoms with E-state index in [1.807, 2.05) is 0 Å². The number of hydrogen-bond acceptors (Lipinski definition) is 3. The molecule has 15 rings (SSSR count). The second kappa shape index (κ2) is 15.1. The van der Waals surface area contributed by atoms with E-state index in [4.69, 9.17) is 4.42 Å². The lowest BCUT2D eigenvalue weighted by molar-refractivity contribution is 0.638. The van der Waals surface area contributed by atoms with Gasteiger partial charge in [0, 0.05) is 61.0 Å². The SMILES string of the molecule is CC1(C)c2ccccc2-c2cc(N(c3ccccc3)c3ccc4c(c3)C(C)(C)c3cc5c(cc3-4)-c3c(cc(N(c4ccccc4)c4ccc6c(c4)-c4ccccc4C6(C)C)c4c3oc3ccccc34)C5(C)C)ccc21. The van der Waals surface area contributed by atoms with Crippen LogP contribution < -0.4 is 9.80 Å². The quantitative estimate of drug-likeness (QED) is 0.166. The Bertz CT molecular complexity index is 4240. The first-order valence-corrected chi connectivity index (χ1v) is 26.7. The molecule has 0 amide bonds. The Kier molecular flexibility index (Phi) is 8.89. The topological polar surface area (TPSA) is 19.6 Å². The minimum Gasteiger partial charge on any atom is -0.455 e. The molecule has 4 aliphatic carbocycles. The van der Waals surface area contributed by atoms with E-state index in [9.17, 15) is 0 Å². The molecular weight excluding hydrogens is 909 g/mol. The lowest BCUT2D eigenvalue weighted by Gasteiger charge is -2.30. The van der Waals surface area contributed by atoms with Crippen molar-refractivity contribution < 1.29 is 4.42 Å². The average molecular weight is 967 g/mol. The van der Waals surface area contributed by atoms with Gasteiger partial charge in [0.05, 0.1) is 11.1 Å². The molecule has 0 spiro atoms. The van der Waals surface area contributed by atoms with Gasteiger partial charge in [0.25, 0.3) is 0 Å². The molecule has 75 heavy (non-hydrogen) atoms. The van der Waals surface area contributed by atoms with Crippen LogP contribution in [0.15, 0.2) is 211 Å². The zero-order valence-corrected chi connectivity index (χ0v) is 43.9. The monoisotopic (exact) mass is 966 g/mol. The number of benzene rings is 10. The van der Waals surface area contributed by atoms with E-state index in [1.54, 1.807) is 0 Å². The first kappa shape index (κ1) is 44.1. The number of para-hydroxylation sites is 3. The summed E-state index contributed by atoms with van der Waals surface area (Å²) in [5.74, 6) is 0. The van der Waals surface area contributed by atoms with Crippen LogP contribution in [-0.4, -0.2) is 0 Å². The predicted molar refractivity (Wildman–Crippen MR) is 313 cm³/mol. The summed E-state index contributed by atoms with van der Waals surface area (Å²) in [6.45, 7) is 19.1. The van der Waals surface area contributed by atoms with Crippen LogP contribution in [0.2, 0.25) is 0 Å². The summed E-state index contributed by atoms with van der Waals surface area (Å²) in [5.41, 5.74) is 29.0. The van der Waals surface area contributed by atoms with Crippen molar-refractivity contribution in [3.63, 3.8) is 0 Å². The van der Waals surface area contributed by atoms with Gasteiger partial charge in [-0.3, -0.25) is 0 Å². The highest BCUT2D eigenvalue weighted by atomic mass is 16.3. The van der Waals surface area contributed by atoms with Crippen molar-refractivity contribution >= 4 is 56.1 Å². The standard InChI is InChI=1S/C72H58N2O/c1-69(2)56-28-18-15-25-48(56)52-37-45(32-35-58(52)69)73(43-21-11-9-12-22-43)47-31-34-50-54-40-55-62(41-61(54)71(5,6)60(50)39-47)72(7,8)63-42-64(67-51-27-17-20-30-65(51)75-68(67)66(55)63)74(44-23-13-10-14-24-44)46-33-36-59-53(38-46)49-26-16-19-29-57(49)70(59,3)4/h9-42H,1-8H3. The molecule has 10 aromatic carbocycles. The number of nitrogens with zero attached hydrogens (tertiary/aromatic N) is 2. The van der Waals surface area contributed by atoms with Gasteiger partial charge >= 0.3 is 0 Å². The molecule has 1 heterocycles. The largest absolute Gasteiger partial charge is 0.455 e. The van der Waals surface area contributed by atoms with Crippen molar-refractivity contribution in [1.29, 1.82) is 0 Å². The molecule has 0 saturated heterocycles. The normalized spacial score (nSPS) is 15.9. The van der Waals surface area contributed by atoms with Crippen LogP contribution >= 0.6 is 0 Å². The van der Waals surface area contributed by atoms with Crippen LogP contribution in [0.1, 0.15) is 99.9 Å². The average Bonchev–Trinajstić information content (AvgIpc) is 4.12. The van der Waals surface area contributed by atoms with Crippen molar-refractivity contribution in [2.75, 3.05) is 9.80 Å². The Morgan fingerprint density at radius 2 is 0.733 bits per heavy atom. The fourth-order valence-electron chi connectivity index (χ4n) is 14.3. The summed E-state index contributed by atoms with van der Waals surface area (Å²) in [7, 11) is 0. The molecule has 0 unspecified atom stereocenters. The fraction of sp³-hybridized carbons (Fsp3) is 0.167. The first-order chi connectivity index (χ1) is 36.2. The van der Waals surface area contributed by atoms with Gasteiger partial charge < -0.3 is 14.2 Å². The molecule has 3 nitrogen and oxygen atoms in total. The molecule has 0 aliphatic heterocycles. The molecule has 0 fully saturated rings. The van der Waals surface area contributed by atoms with Crippen LogP contribution in [0.5, 0.6) is 0 Å². The van der Waals surface area contributed by atoms with E-state index in [0.29, 0.717) is 0 Å². The summed E-state index contributed by atoms with van der Waals surface area (Å²) in [5, 5.41) is 2.24. The Morgan fingerprint density at radius 3 is 1.37 bits per heavy atom. The van der Waals surface area contributed by atoms with Gasteiger partial charge in [0.15, 0.2) is 0 Å². The number of rotatable bonds is 6. The Morgan fingerprint density at radius 1 is 0.293 bits per heavy atom. The summed E-state index contributed by atoms with van der Waals surface area (Å²) < 4.78 is 7.24. The molecule has 4 aliphatic rings. The molecule has 0 saturated carbocycles. The maximum absolute atomic E-state index is 7.24. The smallest absolute Gasteiger partial charge is 0.145 e. The lowest BCUT2D eigenvalue weighted by atomic mass is 9.77. The number of fused-ring (bicyclic) bond motifs is 16. The van der Waals surface area contributed by atoms with E-state index in [1.165, 1.54) is 89.0 Å². The zero-order chi connectivity index (χ0) is 50.9. The molecule has 11 aromatic rings. The van der Waals surface area contributed by atoms with E-state index in [2.05, 4.69) is 271 Å². The molecule has 0 atom stereocenters. The maximum Gasteiger partial charge on any atom is 0.145 e. The molecular formula is C72H58N2O. The summed E-state index contributed by atoms with van der Waals surface area (Å²) >= 11 is 0. The summed E-state index contributed by atoms with van der Waals surface area (Å²) in [6, 6.07) is 77.3. The van der Waals surface area contributed by atoms with E-state index >= 15 is 0 Å². The lowest BCUT2D eigenvalue weighted by Crippen LogP contribution is -2.20. The van der Waals surface area contributed by atoms with Crippen molar-refractivity contribution in [1.82, 2.24) is 0 Å². The maximum atomic E-state index is 7.24.